The number of carbonyl (C=O) groups is 2. The van der Waals surface area contributed by atoms with Gasteiger partial charge in [0.15, 0.2) is 0 Å². The largest absolute Gasteiger partial charge is 0.477 e. The number of rotatable bonds is 5. The molecular formula is C12H18N2O3. The van der Waals surface area contributed by atoms with Gasteiger partial charge in [0, 0.05) is 11.6 Å². The Hall–Kier alpha value is -1.78. The van der Waals surface area contributed by atoms with Gasteiger partial charge in [0.05, 0.1) is 5.69 Å². The maximum absolute atomic E-state index is 11.8. The van der Waals surface area contributed by atoms with Gasteiger partial charge in [0.2, 0.25) is 5.91 Å². The Balaban J connectivity index is 2.81. The first-order valence-corrected chi connectivity index (χ1v) is 5.69. The van der Waals surface area contributed by atoms with Crippen LogP contribution in [0.3, 0.4) is 0 Å². The zero-order valence-corrected chi connectivity index (χ0v) is 10.3. The number of hydrogen-bond acceptors (Lipinski definition) is 2. The molecule has 1 aromatic rings. The van der Waals surface area contributed by atoms with E-state index < -0.39 is 5.97 Å². The van der Waals surface area contributed by atoms with Gasteiger partial charge in [-0.3, -0.25) is 4.79 Å². The molecule has 17 heavy (non-hydrogen) atoms. The molecule has 0 aliphatic carbocycles. The third-order valence-electron chi connectivity index (χ3n) is 2.59. The van der Waals surface area contributed by atoms with Crippen molar-refractivity contribution in [3.8, 4) is 0 Å². The molecule has 5 nitrogen and oxygen atoms in total. The van der Waals surface area contributed by atoms with Crippen molar-refractivity contribution in [3.63, 3.8) is 0 Å². The second-order valence-corrected chi connectivity index (χ2v) is 4.23. The van der Waals surface area contributed by atoms with Gasteiger partial charge in [0.25, 0.3) is 0 Å². The maximum Gasteiger partial charge on any atom is 0.354 e. The van der Waals surface area contributed by atoms with Gasteiger partial charge in [-0.2, -0.15) is 0 Å². The molecule has 0 aromatic carbocycles. The molecule has 0 fully saturated rings. The lowest BCUT2D eigenvalue weighted by atomic mass is 10.1. The van der Waals surface area contributed by atoms with E-state index in [0.717, 1.165) is 12.8 Å². The monoisotopic (exact) mass is 238 g/mol. The molecule has 0 spiro atoms. The highest BCUT2D eigenvalue weighted by Gasteiger charge is 2.18. The summed E-state index contributed by atoms with van der Waals surface area (Å²) in [6, 6.07) is 1.63. The third-order valence-corrected chi connectivity index (χ3v) is 2.59. The van der Waals surface area contributed by atoms with E-state index >= 15 is 0 Å². The van der Waals surface area contributed by atoms with Crippen LogP contribution in [0.2, 0.25) is 0 Å². The van der Waals surface area contributed by atoms with E-state index in [1.54, 1.807) is 13.0 Å². The molecule has 0 bridgehead atoms. The van der Waals surface area contributed by atoms with Gasteiger partial charge in [-0.15, -0.1) is 0 Å². The van der Waals surface area contributed by atoms with E-state index in [0.29, 0.717) is 11.4 Å². The Morgan fingerprint density at radius 2 is 2.18 bits per heavy atom. The summed E-state index contributed by atoms with van der Waals surface area (Å²) in [5.41, 5.74) is 1.07. The topological polar surface area (TPSA) is 82.2 Å². The van der Waals surface area contributed by atoms with Crippen LogP contribution in [0.1, 0.15) is 42.9 Å². The molecule has 0 saturated heterocycles. The first-order chi connectivity index (χ1) is 7.95. The molecule has 0 radical (unpaired) electrons. The third kappa shape index (κ3) is 3.34. The van der Waals surface area contributed by atoms with Crippen LogP contribution in [0.4, 0.5) is 5.69 Å². The van der Waals surface area contributed by atoms with Gasteiger partial charge >= 0.3 is 5.97 Å². The van der Waals surface area contributed by atoms with Gasteiger partial charge < -0.3 is 15.4 Å². The second kappa shape index (κ2) is 5.52. The first-order valence-electron chi connectivity index (χ1n) is 5.69. The first kappa shape index (κ1) is 13.3. The average Bonchev–Trinajstić information content (AvgIpc) is 2.60. The van der Waals surface area contributed by atoms with Crippen LogP contribution in [-0.2, 0) is 4.79 Å². The minimum atomic E-state index is -1.07. The van der Waals surface area contributed by atoms with Crippen molar-refractivity contribution in [1.29, 1.82) is 0 Å². The van der Waals surface area contributed by atoms with Crippen molar-refractivity contribution in [1.82, 2.24) is 4.98 Å². The summed E-state index contributed by atoms with van der Waals surface area (Å²) in [6.07, 6.45) is 1.71. The van der Waals surface area contributed by atoms with Crippen molar-refractivity contribution in [3.05, 3.63) is 17.5 Å². The number of carboxylic acids is 1. The molecule has 94 valence electrons. The summed E-state index contributed by atoms with van der Waals surface area (Å²) in [5.74, 6) is -1.33. The number of hydrogen-bond donors (Lipinski definition) is 3. The molecule has 5 heteroatoms. The Bertz CT molecular complexity index is 423. The van der Waals surface area contributed by atoms with Gasteiger partial charge in [-0.25, -0.2) is 4.79 Å². The molecule has 3 N–H and O–H groups in total. The SMILES string of the molecule is CCCC(C)C(=O)Nc1cc(C)[nH]c1C(=O)O. The Morgan fingerprint density at radius 3 is 2.71 bits per heavy atom. The lowest BCUT2D eigenvalue weighted by Crippen LogP contribution is -2.21. The number of aryl methyl sites for hydroxylation is 1. The summed E-state index contributed by atoms with van der Waals surface area (Å²) in [7, 11) is 0. The summed E-state index contributed by atoms with van der Waals surface area (Å²) in [4.78, 5) is 25.4. The fraction of sp³-hybridized carbons (Fsp3) is 0.500. The second-order valence-electron chi connectivity index (χ2n) is 4.23. The predicted octanol–water partition coefficient (Wildman–Crippen LogP) is 2.40. The van der Waals surface area contributed by atoms with Crippen molar-refractivity contribution in [2.45, 2.75) is 33.6 Å². The van der Waals surface area contributed by atoms with Crippen LogP contribution in [0.25, 0.3) is 0 Å². The number of aromatic amines is 1. The van der Waals surface area contributed by atoms with E-state index in [4.69, 9.17) is 5.11 Å². The van der Waals surface area contributed by atoms with Gasteiger partial charge in [-0.1, -0.05) is 20.3 Å². The maximum atomic E-state index is 11.8. The van der Waals surface area contributed by atoms with E-state index in [9.17, 15) is 9.59 Å². The number of aromatic nitrogens is 1. The number of amides is 1. The number of nitrogens with one attached hydrogen (secondary N) is 2. The standard InChI is InChI=1S/C12H18N2O3/c1-4-5-7(2)11(15)14-9-6-8(3)13-10(9)12(16)17/h6-7,13H,4-5H2,1-3H3,(H,14,15)(H,16,17). The molecule has 1 unspecified atom stereocenters. The molecule has 0 saturated carbocycles. The predicted molar refractivity (Wildman–Crippen MR) is 65.2 cm³/mol. The quantitative estimate of drug-likeness (QED) is 0.736. The van der Waals surface area contributed by atoms with Crippen LogP contribution >= 0.6 is 0 Å². The minimum absolute atomic E-state index is 0.0274. The van der Waals surface area contributed by atoms with Crippen molar-refractivity contribution < 1.29 is 14.7 Å². The molecule has 1 amide bonds. The van der Waals surface area contributed by atoms with E-state index in [-0.39, 0.29) is 17.5 Å². The van der Waals surface area contributed by atoms with Crippen molar-refractivity contribution in [2.24, 2.45) is 5.92 Å². The summed E-state index contributed by atoms with van der Waals surface area (Å²) in [6.45, 7) is 5.59. The Labute approximate surface area is 100 Å². The normalized spacial score (nSPS) is 12.2. The van der Waals surface area contributed by atoms with Crippen molar-refractivity contribution >= 4 is 17.6 Å². The van der Waals surface area contributed by atoms with Crippen LogP contribution in [-0.4, -0.2) is 22.0 Å². The van der Waals surface area contributed by atoms with E-state index in [2.05, 4.69) is 10.3 Å². The highest BCUT2D eigenvalue weighted by molar-refractivity contribution is 6.00. The Kier molecular flexibility index (Phi) is 4.31. The fourth-order valence-electron chi connectivity index (χ4n) is 1.68. The zero-order valence-electron chi connectivity index (χ0n) is 10.3. The Morgan fingerprint density at radius 1 is 1.53 bits per heavy atom. The minimum Gasteiger partial charge on any atom is -0.477 e. The number of anilines is 1. The lowest BCUT2D eigenvalue weighted by molar-refractivity contribution is -0.119. The van der Waals surface area contributed by atoms with Gasteiger partial charge in [0.1, 0.15) is 5.69 Å². The fourth-order valence-corrected chi connectivity index (χ4v) is 1.68. The number of carboxylic acid groups (broad SMARTS) is 1. The lowest BCUT2D eigenvalue weighted by Gasteiger charge is -2.10. The molecule has 1 rings (SSSR count). The van der Waals surface area contributed by atoms with Crippen LogP contribution in [0, 0.1) is 12.8 Å². The van der Waals surface area contributed by atoms with Crippen LogP contribution < -0.4 is 5.32 Å². The molecule has 1 aromatic heterocycles. The van der Waals surface area contributed by atoms with Crippen LogP contribution in [0.5, 0.6) is 0 Å². The van der Waals surface area contributed by atoms with Crippen molar-refractivity contribution in [2.75, 3.05) is 5.32 Å². The van der Waals surface area contributed by atoms with E-state index in [1.807, 2.05) is 13.8 Å². The molecule has 1 atom stereocenters. The smallest absolute Gasteiger partial charge is 0.354 e. The molecule has 0 aliphatic heterocycles. The highest BCUT2D eigenvalue weighted by atomic mass is 16.4. The van der Waals surface area contributed by atoms with E-state index in [1.165, 1.54) is 0 Å². The molecule has 0 aliphatic rings. The summed E-state index contributed by atoms with van der Waals surface area (Å²) < 4.78 is 0. The molecular weight excluding hydrogens is 220 g/mol. The summed E-state index contributed by atoms with van der Waals surface area (Å²) in [5, 5.41) is 11.6. The molecule has 1 heterocycles. The number of carbonyl (C=O) groups excluding carboxylic acids is 1. The van der Waals surface area contributed by atoms with Crippen LogP contribution in [0.15, 0.2) is 6.07 Å². The average molecular weight is 238 g/mol. The number of aromatic carboxylic acids is 1. The van der Waals surface area contributed by atoms with Gasteiger partial charge in [-0.05, 0) is 19.4 Å². The zero-order chi connectivity index (χ0) is 13.0. The number of H-pyrrole nitrogens is 1. The summed E-state index contributed by atoms with van der Waals surface area (Å²) >= 11 is 0. The highest BCUT2D eigenvalue weighted by Crippen LogP contribution is 2.18.